The molecule has 6 heteroatoms. The quantitative estimate of drug-likeness (QED) is 0.859. The van der Waals surface area contributed by atoms with Gasteiger partial charge in [0, 0.05) is 22.6 Å². The van der Waals surface area contributed by atoms with E-state index in [1.165, 1.54) is 0 Å². The number of aromatic nitrogens is 1. The van der Waals surface area contributed by atoms with Gasteiger partial charge in [0.25, 0.3) is 0 Å². The van der Waals surface area contributed by atoms with E-state index >= 15 is 0 Å². The lowest BCUT2D eigenvalue weighted by Crippen LogP contribution is -2.09. The summed E-state index contributed by atoms with van der Waals surface area (Å²) in [6.07, 6.45) is -4.45. The van der Waals surface area contributed by atoms with E-state index in [0.29, 0.717) is 21.1 Å². The topological polar surface area (TPSA) is 24.9 Å². The molecule has 90 valence electrons. The van der Waals surface area contributed by atoms with E-state index in [1.54, 1.807) is 25.2 Å². The molecule has 1 aromatic heterocycles. The third-order valence-corrected chi connectivity index (χ3v) is 2.99. The minimum atomic E-state index is -4.45. The van der Waals surface area contributed by atoms with Gasteiger partial charge in [-0.15, -0.1) is 0 Å². The van der Waals surface area contributed by atoms with Crippen LogP contribution in [0.25, 0.3) is 10.9 Å². The second-order valence-electron chi connectivity index (χ2n) is 3.44. The second-order valence-corrected chi connectivity index (χ2v) is 4.29. The molecule has 0 unspecified atom stereocenters. The fourth-order valence-electron chi connectivity index (χ4n) is 1.57. The molecule has 0 saturated heterocycles. The van der Waals surface area contributed by atoms with E-state index in [1.807, 2.05) is 0 Å². The molecule has 2 nitrogen and oxygen atoms in total. The Bertz CT molecular complexity index is 566. The lowest BCUT2D eigenvalue weighted by molar-refractivity contribution is -0.140. The minimum absolute atomic E-state index is 0.298. The van der Waals surface area contributed by atoms with Crippen LogP contribution in [0.5, 0.6) is 0 Å². The molecule has 1 aromatic carbocycles. The Hall–Kier alpha value is -1.30. The highest BCUT2D eigenvalue weighted by molar-refractivity contribution is 9.10. The number of hydrogen-bond donors (Lipinski definition) is 1. The number of hydrogen-bond acceptors (Lipinski definition) is 2. The van der Waals surface area contributed by atoms with E-state index in [4.69, 9.17) is 0 Å². The fourth-order valence-corrected chi connectivity index (χ4v) is 2.02. The summed E-state index contributed by atoms with van der Waals surface area (Å²) >= 11 is 3.20. The summed E-state index contributed by atoms with van der Waals surface area (Å²) in [4.78, 5) is 3.64. The van der Waals surface area contributed by atoms with E-state index < -0.39 is 11.9 Å². The molecular weight excluding hydrogens is 297 g/mol. The molecule has 0 radical (unpaired) electrons. The second kappa shape index (κ2) is 4.18. The number of alkyl halides is 3. The van der Waals surface area contributed by atoms with Crippen molar-refractivity contribution in [3.8, 4) is 0 Å². The first-order valence-corrected chi connectivity index (χ1v) is 5.57. The molecule has 2 aromatic rings. The van der Waals surface area contributed by atoms with Crippen molar-refractivity contribution in [3.05, 3.63) is 34.4 Å². The molecule has 0 bridgehead atoms. The molecule has 0 saturated carbocycles. The summed E-state index contributed by atoms with van der Waals surface area (Å²) in [7, 11) is 1.58. The van der Waals surface area contributed by atoms with Crippen LogP contribution in [0.15, 0.2) is 28.7 Å². The lowest BCUT2D eigenvalue weighted by Gasteiger charge is -2.12. The standard InChI is InChI=1S/C11H8BrF3N2/c1-16-8-5-9(11(13,14)15)17-10-6(8)3-2-4-7(10)12/h2-5H,1H3,(H,16,17). The van der Waals surface area contributed by atoms with Crippen LogP contribution in [0.2, 0.25) is 0 Å². The first-order valence-electron chi connectivity index (χ1n) is 4.77. The molecule has 0 fully saturated rings. The molecule has 17 heavy (non-hydrogen) atoms. The van der Waals surface area contributed by atoms with Crippen LogP contribution in [-0.4, -0.2) is 12.0 Å². The van der Waals surface area contributed by atoms with Crippen LogP contribution < -0.4 is 5.32 Å². The zero-order valence-electron chi connectivity index (χ0n) is 8.77. The first kappa shape index (κ1) is 12.2. The minimum Gasteiger partial charge on any atom is -0.388 e. The van der Waals surface area contributed by atoms with Crippen LogP contribution in [0.4, 0.5) is 18.9 Å². The van der Waals surface area contributed by atoms with Crippen LogP contribution in [0.1, 0.15) is 5.69 Å². The zero-order chi connectivity index (χ0) is 12.6. The van der Waals surface area contributed by atoms with Crippen molar-refractivity contribution < 1.29 is 13.2 Å². The van der Waals surface area contributed by atoms with Crippen molar-refractivity contribution in [2.75, 3.05) is 12.4 Å². The van der Waals surface area contributed by atoms with E-state index in [0.717, 1.165) is 6.07 Å². The van der Waals surface area contributed by atoms with Gasteiger partial charge in [0.05, 0.1) is 5.52 Å². The van der Waals surface area contributed by atoms with Gasteiger partial charge >= 0.3 is 6.18 Å². The van der Waals surface area contributed by atoms with Crippen molar-refractivity contribution in [1.29, 1.82) is 0 Å². The number of fused-ring (bicyclic) bond motifs is 1. The smallest absolute Gasteiger partial charge is 0.388 e. The van der Waals surface area contributed by atoms with E-state index in [9.17, 15) is 13.2 Å². The molecule has 0 aliphatic rings. The Kier molecular flexibility index (Phi) is 2.99. The SMILES string of the molecule is CNc1cc(C(F)(F)F)nc2c(Br)cccc12. The summed E-state index contributed by atoms with van der Waals surface area (Å²) in [6, 6.07) is 6.14. The maximum atomic E-state index is 12.7. The molecule has 0 aliphatic heterocycles. The number of nitrogens with one attached hydrogen (secondary N) is 1. The number of anilines is 1. The monoisotopic (exact) mass is 304 g/mol. The predicted molar refractivity (Wildman–Crippen MR) is 64.0 cm³/mol. The van der Waals surface area contributed by atoms with Crippen molar-refractivity contribution in [3.63, 3.8) is 0 Å². The number of halogens is 4. The average Bonchev–Trinajstić information content (AvgIpc) is 2.27. The molecule has 0 aliphatic carbocycles. The third-order valence-electron chi connectivity index (χ3n) is 2.35. The summed E-state index contributed by atoms with van der Waals surface area (Å²) in [5.41, 5.74) is -0.198. The fraction of sp³-hybridized carbons (Fsp3) is 0.182. The van der Waals surface area contributed by atoms with E-state index in [-0.39, 0.29) is 0 Å². The Morgan fingerprint density at radius 1 is 1.29 bits per heavy atom. The maximum Gasteiger partial charge on any atom is 0.433 e. The number of nitrogens with zero attached hydrogens (tertiary/aromatic N) is 1. The normalized spacial score (nSPS) is 11.8. The Morgan fingerprint density at radius 2 is 2.00 bits per heavy atom. The van der Waals surface area contributed by atoms with Crippen molar-refractivity contribution in [2.45, 2.75) is 6.18 Å². The molecule has 0 atom stereocenters. The van der Waals surface area contributed by atoms with Gasteiger partial charge < -0.3 is 5.32 Å². The number of pyridine rings is 1. The highest BCUT2D eigenvalue weighted by atomic mass is 79.9. The zero-order valence-corrected chi connectivity index (χ0v) is 10.4. The van der Waals surface area contributed by atoms with E-state index in [2.05, 4.69) is 26.2 Å². The Balaban J connectivity index is 2.81. The van der Waals surface area contributed by atoms with Gasteiger partial charge in [-0.05, 0) is 28.1 Å². The first-order chi connectivity index (χ1) is 7.93. The molecule has 0 amide bonds. The molecule has 1 heterocycles. The summed E-state index contributed by atoms with van der Waals surface area (Å²) in [5, 5.41) is 3.40. The molecule has 2 rings (SSSR count). The van der Waals surface area contributed by atoms with Gasteiger partial charge in [-0.3, -0.25) is 0 Å². The predicted octanol–water partition coefficient (Wildman–Crippen LogP) is 4.06. The molecule has 1 N–H and O–H groups in total. The summed E-state index contributed by atoms with van der Waals surface area (Å²) in [6.45, 7) is 0. The van der Waals surface area contributed by atoms with Crippen LogP contribution in [-0.2, 0) is 6.18 Å². The van der Waals surface area contributed by atoms with Gasteiger partial charge in [0.1, 0.15) is 5.69 Å². The molecule has 0 spiro atoms. The van der Waals surface area contributed by atoms with Gasteiger partial charge in [0.2, 0.25) is 0 Å². The summed E-state index contributed by atoms with van der Waals surface area (Å²) in [5.74, 6) is 0. The number of para-hydroxylation sites is 1. The average molecular weight is 305 g/mol. The maximum absolute atomic E-state index is 12.7. The van der Waals surface area contributed by atoms with Crippen molar-refractivity contribution >= 4 is 32.5 Å². The van der Waals surface area contributed by atoms with Crippen molar-refractivity contribution in [2.24, 2.45) is 0 Å². The lowest BCUT2D eigenvalue weighted by atomic mass is 10.1. The van der Waals surface area contributed by atoms with Crippen LogP contribution in [0, 0.1) is 0 Å². The Morgan fingerprint density at radius 3 is 2.59 bits per heavy atom. The largest absolute Gasteiger partial charge is 0.433 e. The van der Waals surface area contributed by atoms with Crippen LogP contribution in [0.3, 0.4) is 0 Å². The van der Waals surface area contributed by atoms with Gasteiger partial charge in [-0.1, -0.05) is 12.1 Å². The van der Waals surface area contributed by atoms with Gasteiger partial charge in [-0.2, -0.15) is 13.2 Å². The van der Waals surface area contributed by atoms with Crippen molar-refractivity contribution in [1.82, 2.24) is 4.98 Å². The highest BCUT2D eigenvalue weighted by Crippen LogP contribution is 2.34. The van der Waals surface area contributed by atoms with Gasteiger partial charge in [0.15, 0.2) is 0 Å². The third kappa shape index (κ3) is 2.22. The number of rotatable bonds is 1. The molecular formula is C11H8BrF3N2. The van der Waals surface area contributed by atoms with Gasteiger partial charge in [-0.25, -0.2) is 4.98 Å². The Labute approximate surface area is 104 Å². The highest BCUT2D eigenvalue weighted by Gasteiger charge is 2.33. The number of benzene rings is 1. The summed E-state index contributed by atoms with van der Waals surface area (Å²) < 4.78 is 38.5. The van der Waals surface area contributed by atoms with Crippen LogP contribution >= 0.6 is 15.9 Å².